The second-order valence-corrected chi connectivity index (χ2v) is 7.96. The maximum atomic E-state index is 12.5. The second-order valence-electron chi connectivity index (χ2n) is 7.96. The molecule has 1 aromatic carbocycles. The number of benzene rings is 1. The van der Waals surface area contributed by atoms with Crippen molar-refractivity contribution in [2.75, 3.05) is 32.8 Å². The number of carbonyl (C=O) groups excluding carboxylic acids is 1. The third-order valence-electron chi connectivity index (χ3n) is 5.71. The Morgan fingerprint density at radius 1 is 1.12 bits per heavy atom. The number of amides is 1. The van der Waals surface area contributed by atoms with Crippen LogP contribution in [-0.2, 0) is 4.74 Å². The van der Waals surface area contributed by atoms with E-state index in [1.54, 1.807) is 0 Å². The lowest BCUT2D eigenvalue weighted by Crippen LogP contribution is -2.45. The summed E-state index contributed by atoms with van der Waals surface area (Å²) in [5, 5.41) is 3.19. The van der Waals surface area contributed by atoms with Gasteiger partial charge in [0.1, 0.15) is 12.4 Å². The zero-order chi connectivity index (χ0) is 17.8. The van der Waals surface area contributed by atoms with Gasteiger partial charge in [-0.25, -0.2) is 0 Å². The molecule has 0 radical (unpaired) electrons. The van der Waals surface area contributed by atoms with E-state index in [-0.39, 0.29) is 12.0 Å². The Bertz CT molecular complexity index is 586. The molecule has 1 atom stereocenters. The van der Waals surface area contributed by atoms with Gasteiger partial charge in [-0.3, -0.25) is 4.79 Å². The largest absolute Gasteiger partial charge is 0.491 e. The van der Waals surface area contributed by atoms with Crippen molar-refractivity contribution in [3.8, 4) is 5.75 Å². The number of hydrogen-bond acceptors (Lipinski definition) is 4. The molecule has 3 aliphatic rings. The fourth-order valence-corrected chi connectivity index (χ4v) is 3.86. The van der Waals surface area contributed by atoms with Crippen LogP contribution in [0.5, 0.6) is 5.75 Å². The molecular weight excluding hydrogens is 328 g/mol. The fraction of sp³-hybridized carbons (Fsp3) is 0.667. The smallest absolute Gasteiger partial charge is 0.251 e. The Hall–Kier alpha value is -1.59. The number of nitrogens with zero attached hydrogens (tertiary/aromatic N) is 1. The third kappa shape index (κ3) is 4.98. The summed E-state index contributed by atoms with van der Waals surface area (Å²) in [6, 6.07) is 7.75. The maximum Gasteiger partial charge on any atom is 0.251 e. The first kappa shape index (κ1) is 17.8. The Morgan fingerprint density at radius 3 is 2.54 bits per heavy atom. The molecule has 142 valence electrons. The SMILES string of the molecule is O=C(NC1CCN(CC2CC2)CC1)c1ccc(OCC2CCCO2)cc1. The van der Waals surface area contributed by atoms with Crippen LogP contribution in [-0.4, -0.2) is 55.8 Å². The highest BCUT2D eigenvalue weighted by molar-refractivity contribution is 5.94. The average Bonchev–Trinajstić information content (AvgIpc) is 3.32. The first-order valence-corrected chi connectivity index (χ1v) is 10.1. The van der Waals surface area contributed by atoms with Gasteiger partial charge in [0.2, 0.25) is 0 Å². The Morgan fingerprint density at radius 2 is 1.88 bits per heavy atom. The molecule has 1 aromatic rings. The van der Waals surface area contributed by atoms with Gasteiger partial charge in [0.15, 0.2) is 0 Å². The normalized spacial score (nSPS) is 24.5. The summed E-state index contributed by atoms with van der Waals surface area (Å²) in [5.74, 6) is 1.77. The predicted octanol–water partition coefficient (Wildman–Crippen LogP) is 2.85. The zero-order valence-corrected chi connectivity index (χ0v) is 15.5. The van der Waals surface area contributed by atoms with E-state index >= 15 is 0 Å². The van der Waals surface area contributed by atoms with Gasteiger partial charge in [-0.15, -0.1) is 0 Å². The Balaban J connectivity index is 1.20. The predicted molar refractivity (Wildman–Crippen MR) is 101 cm³/mol. The van der Waals surface area contributed by atoms with Crippen LogP contribution in [0, 0.1) is 5.92 Å². The van der Waals surface area contributed by atoms with E-state index in [4.69, 9.17) is 9.47 Å². The van der Waals surface area contributed by atoms with Crippen molar-refractivity contribution in [3.63, 3.8) is 0 Å². The molecule has 5 heteroatoms. The minimum atomic E-state index is 0.0244. The molecule has 2 heterocycles. The molecule has 1 amide bonds. The van der Waals surface area contributed by atoms with Crippen LogP contribution in [0.3, 0.4) is 0 Å². The number of hydrogen-bond donors (Lipinski definition) is 1. The van der Waals surface area contributed by atoms with Crippen molar-refractivity contribution in [2.24, 2.45) is 5.92 Å². The molecule has 2 saturated heterocycles. The lowest BCUT2D eigenvalue weighted by atomic mass is 10.0. The Labute approximate surface area is 156 Å². The number of rotatable bonds is 7. The first-order valence-electron chi connectivity index (χ1n) is 10.1. The molecule has 1 saturated carbocycles. The molecule has 1 N–H and O–H groups in total. The topological polar surface area (TPSA) is 50.8 Å². The molecule has 26 heavy (non-hydrogen) atoms. The van der Waals surface area contributed by atoms with Crippen molar-refractivity contribution in [1.82, 2.24) is 10.2 Å². The molecule has 3 fully saturated rings. The number of likely N-dealkylation sites (tertiary alicyclic amines) is 1. The van der Waals surface area contributed by atoms with Gasteiger partial charge >= 0.3 is 0 Å². The van der Waals surface area contributed by atoms with E-state index in [1.165, 1.54) is 19.4 Å². The van der Waals surface area contributed by atoms with E-state index < -0.39 is 0 Å². The van der Waals surface area contributed by atoms with Crippen molar-refractivity contribution in [2.45, 2.75) is 50.7 Å². The first-order chi connectivity index (χ1) is 12.8. The summed E-state index contributed by atoms with van der Waals surface area (Å²) in [4.78, 5) is 15.0. The molecular formula is C21H30N2O3. The van der Waals surface area contributed by atoms with E-state index in [1.807, 2.05) is 24.3 Å². The van der Waals surface area contributed by atoms with Crippen molar-refractivity contribution in [1.29, 1.82) is 0 Å². The fourth-order valence-electron chi connectivity index (χ4n) is 3.86. The summed E-state index contributed by atoms with van der Waals surface area (Å²) >= 11 is 0. The van der Waals surface area contributed by atoms with Crippen molar-refractivity contribution in [3.05, 3.63) is 29.8 Å². The number of ether oxygens (including phenoxy) is 2. The van der Waals surface area contributed by atoms with Crippen LogP contribution < -0.4 is 10.1 Å². The van der Waals surface area contributed by atoms with E-state index in [0.717, 1.165) is 57.0 Å². The summed E-state index contributed by atoms with van der Waals surface area (Å²) in [5.41, 5.74) is 0.704. The van der Waals surface area contributed by atoms with Crippen LogP contribution in [0.25, 0.3) is 0 Å². The minimum Gasteiger partial charge on any atom is -0.491 e. The molecule has 5 nitrogen and oxygen atoms in total. The number of carbonyl (C=O) groups is 1. The van der Waals surface area contributed by atoms with Gasteiger partial charge in [-0.1, -0.05) is 0 Å². The van der Waals surface area contributed by atoms with Gasteiger partial charge in [0.25, 0.3) is 5.91 Å². The lowest BCUT2D eigenvalue weighted by Gasteiger charge is -2.32. The molecule has 2 aliphatic heterocycles. The van der Waals surface area contributed by atoms with Gasteiger partial charge in [0, 0.05) is 37.8 Å². The number of piperidine rings is 1. The highest BCUT2D eigenvalue weighted by atomic mass is 16.5. The average molecular weight is 358 g/mol. The summed E-state index contributed by atoms with van der Waals surface area (Å²) in [6.45, 7) is 4.90. The third-order valence-corrected chi connectivity index (χ3v) is 5.71. The minimum absolute atomic E-state index is 0.0244. The van der Waals surface area contributed by atoms with Crippen LogP contribution in [0.2, 0.25) is 0 Å². The van der Waals surface area contributed by atoms with Crippen molar-refractivity contribution >= 4 is 5.91 Å². The Kier molecular flexibility index (Phi) is 5.75. The maximum absolute atomic E-state index is 12.5. The van der Waals surface area contributed by atoms with Gasteiger partial charge in [-0.05, 0) is 68.7 Å². The van der Waals surface area contributed by atoms with Gasteiger partial charge in [0.05, 0.1) is 6.10 Å². The van der Waals surface area contributed by atoms with Crippen molar-refractivity contribution < 1.29 is 14.3 Å². The van der Waals surface area contributed by atoms with Gasteiger partial charge < -0.3 is 19.7 Å². The summed E-state index contributed by atoms with van der Waals surface area (Å²) < 4.78 is 11.3. The standard InChI is InChI=1S/C21H30N2O3/c24-21(22-18-9-11-23(12-10-18)14-16-3-4-16)17-5-7-19(8-6-17)26-15-20-2-1-13-25-20/h5-8,16,18,20H,1-4,9-15H2,(H,22,24). The highest BCUT2D eigenvalue weighted by Crippen LogP contribution is 2.30. The molecule has 0 aromatic heterocycles. The van der Waals surface area contributed by atoms with E-state index in [2.05, 4.69) is 10.2 Å². The lowest BCUT2D eigenvalue weighted by molar-refractivity contribution is 0.0679. The van der Waals surface area contributed by atoms with E-state index in [9.17, 15) is 4.79 Å². The van der Waals surface area contributed by atoms with Gasteiger partial charge in [-0.2, -0.15) is 0 Å². The molecule has 1 unspecified atom stereocenters. The zero-order valence-electron chi connectivity index (χ0n) is 15.5. The van der Waals surface area contributed by atoms with Crippen LogP contribution in [0.15, 0.2) is 24.3 Å². The summed E-state index contributed by atoms with van der Waals surface area (Å²) in [6.07, 6.45) is 7.33. The van der Waals surface area contributed by atoms with E-state index in [0.29, 0.717) is 18.2 Å². The summed E-state index contributed by atoms with van der Waals surface area (Å²) in [7, 11) is 0. The molecule has 4 rings (SSSR count). The monoisotopic (exact) mass is 358 g/mol. The quantitative estimate of drug-likeness (QED) is 0.814. The molecule has 1 aliphatic carbocycles. The van der Waals surface area contributed by atoms with Crippen LogP contribution in [0.1, 0.15) is 48.9 Å². The molecule has 0 spiro atoms. The highest BCUT2D eigenvalue weighted by Gasteiger charge is 2.27. The number of nitrogens with one attached hydrogen (secondary N) is 1. The van der Waals surface area contributed by atoms with Crippen LogP contribution >= 0.6 is 0 Å². The second kappa shape index (κ2) is 8.40. The molecule has 0 bridgehead atoms. The van der Waals surface area contributed by atoms with Crippen LogP contribution in [0.4, 0.5) is 0 Å².